The van der Waals surface area contributed by atoms with Crippen molar-refractivity contribution in [3.8, 4) is 0 Å². The van der Waals surface area contributed by atoms with Crippen LogP contribution < -0.4 is 5.43 Å². The van der Waals surface area contributed by atoms with Crippen LogP contribution in [0.3, 0.4) is 0 Å². The Balaban J connectivity index is 2.66. The fraction of sp³-hybridized carbons (Fsp3) is 0.273. The Morgan fingerprint density at radius 2 is 2.00 bits per heavy atom. The Morgan fingerprint density at radius 3 is 2.53 bits per heavy atom. The largest absolute Gasteiger partial charge is 0.271 e. The number of halogens is 1. The van der Waals surface area contributed by atoms with Crippen molar-refractivity contribution in [2.45, 2.75) is 20.3 Å². The minimum atomic E-state index is -0.185. The molecular weight excluding hydrogens is 256 g/mol. The number of amides is 1. The highest BCUT2D eigenvalue weighted by Gasteiger charge is 2.03. The SMILES string of the molecule is CC/C(C)=N\NC(=O)c1ccc(Br)cc1. The van der Waals surface area contributed by atoms with Crippen molar-refractivity contribution in [3.63, 3.8) is 0 Å². The zero-order chi connectivity index (χ0) is 11.3. The Morgan fingerprint density at radius 1 is 1.40 bits per heavy atom. The van der Waals surface area contributed by atoms with Crippen LogP contribution >= 0.6 is 15.9 Å². The summed E-state index contributed by atoms with van der Waals surface area (Å²) < 4.78 is 0.951. The second-order valence-corrected chi connectivity index (χ2v) is 4.06. The van der Waals surface area contributed by atoms with E-state index in [0.717, 1.165) is 16.6 Å². The Labute approximate surface area is 97.7 Å². The van der Waals surface area contributed by atoms with Crippen molar-refractivity contribution in [1.29, 1.82) is 0 Å². The van der Waals surface area contributed by atoms with Gasteiger partial charge in [-0.1, -0.05) is 22.9 Å². The fourth-order valence-electron chi connectivity index (χ4n) is 0.891. The highest BCUT2D eigenvalue weighted by molar-refractivity contribution is 9.10. The van der Waals surface area contributed by atoms with Crippen LogP contribution in [0.2, 0.25) is 0 Å². The molecule has 0 saturated heterocycles. The second kappa shape index (κ2) is 5.66. The van der Waals surface area contributed by atoms with Crippen molar-refractivity contribution < 1.29 is 4.79 Å². The van der Waals surface area contributed by atoms with Gasteiger partial charge in [-0.15, -0.1) is 0 Å². The molecule has 1 aromatic rings. The highest BCUT2D eigenvalue weighted by Crippen LogP contribution is 2.10. The zero-order valence-electron chi connectivity index (χ0n) is 8.75. The lowest BCUT2D eigenvalue weighted by Gasteiger charge is -2.01. The standard InChI is InChI=1S/C11H13BrN2O/c1-3-8(2)13-14-11(15)9-4-6-10(12)7-5-9/h4-7H,3H2,1-2H3,(H,14,15)/b13-8-. The van der Waals surface area contributed by atoms with Gasteiger partial charge in [0.05, 0.1) is 0 Å². The average Bonchev–Trinajstić information content (AvgIpc) is 2.26. The van der Waals surface area contributed by atoms with Crippen LogP contribution in [0.15, 0.2) is 33.8 Å². The van der Waals surface area contributed by atoms with Crippen molar-refractivity contribution in [2.24, 2.45) is 5.10 Å². The monoisotopic (exact) mass is 268 g/mol. The van der Waals surface area contributed by atoms with Gasteiger partial charge in [-0.05, 0) is 37.6 Å². The number of hydrazone groups is 1. The maximum atomic E-state index is 11.5. The summed E-state index contributed by atoms with van der Waals surface area (Å²) in [6.45, 7) is 3.87. The lowest BCUT2D eigenvalue weighted by atomic mass is 10.2. The van der Waals surface area contributed by atoms with E-state index in [1.807, 2.05) is 26.0 Å². The molecule has 0 fully saturated rings. The lowest BCUT2D eigenvalue weighted by Crippen LogP contribution is -2.18. The van der Waals surface area contributed by atoms with Crippen molar-refractivity contribution in [3.05, 3.63) is 34.3 Å². The zero-order valence-corrected chi connectivity index (χ0v) is 10.3. The van der Waals surface area contributed by atoms with E-state index in [9.17, 15) is 4.79 Å². The molecule has 4 heteroatoms. The third-order valence-corrected chi connectivity index (χ3v) is 2.50. The average molecular weight is 269 g/mol. The van der Waals surface area contributed by atoms with Crippen LogP contribution in [0.5, 0.6) is 0 Å². The normalized spacial score (nSPS) is 11.3. The molecule has 0 heterocycles. The molecule has 1 aromatic carbocycles. The summed E-state index contributed by atoms with van der Waals surface area (Å²) >= 11 is 3.31. The topological polar surface area (TPSA) is 41.5 Å². The molecular formula is C11H13BrN2O. The first-order valence-corrected chi connectivity index (χ1v) is 5.52. The minimum Gasteiger partial charge on any atom is -0.267 e. The number of hydrogen-bond acceptors (Lipinski definition) is 2. The molecule has 15 heavy (non-hydrogen) atoms. The van der Waals surface area contributed by atoms with Crippen molar-refractivity contribution in [2.75, 3.05) is 0 Å². The molecule has 0 spiro atoms. The first-order valence-electron chi connectivity index (χ1n) is 4.72. The molecule has 1 N–H and O–H groups in total. The molecule has 0 radical (unpaired) electrons. The molecule has 0 aliphatic rings. The van der Waals surface area contributed by atoms with Crippen LogP contribution in [0.1, 0.15) is 30.6 Å². The van der Waals surface area contributed by atoms with Crippen LogP contribution in [0.25, 0.3) is 0 Å². The summed E-state index contributed by atoms with van der Waals surface area (Å²) in [5.41, 5.74) is 4.01. The van der Waals surface area contributed by atoms with Crippen LogP contribution in [0, 0.1) is 0 Å². The number of carbonyl (C=O) groups excluding carboxylic acids is 1. The van der Waals surface area contributed by atoms with Gasteiger partial charge in [0.1, 0.15) is 0 Å². The van der Waals surface area contributed by atoms with Gasteiger partial charge in [-0.3, -0.25) is 4.79 Å². The molecule has 0 aromatic heterocycles. The molecule has 1 amide bonds. The van der Waals surface area contributed by atoms with Crippen LogP contribution in [-0.4, -0.2) is 11.6 Å². The van der Waals surface area contributed by atoms with E-state index in [4.69, 9.17) is 0 Å². The van der Waals surface area contributed by atoms with Gasteiger partial charge in [0.2, 0.25) is 0 Å². The Kier molecular flexibility index (Phi) is 4.49. The van der Waals surface area contributed by atoms with E-state index >= 15 is 0 Å². The number of benzene rings is 1. The predicted octanol–water partition coefficient (Wildman–Crippen LogP) is 2.96. The molecule has 0 aliphatic carbocycles. The van der Waals surface area contributed by atoms with Gasteiger partial charge in [0.25, 0.3) is 5.91 Å². The smallest absolute Gasteiger partial charge is 0.267 e. The maximum absolute atomic E-state index is 11.5. The van der Waals surface area contributed by atoms with E-state index in [2.05, 4.69) is 26.5 Å². The number of carbonyl (C=O) groups is 1. The Hall–Kier alpha value is -1.16. The second-order valence-electron chi connectivity index (χ2n) is 3.15. The van der Waals surface area contributed by atoms with Crippen molar-refractivity contribution in [1.82, 2.24) is 5.43 Å². The summed E-state index contributed by atoms with van der Waals surface area (Å²) in [5.74, 6) is -0.185. The number of rotatable bonds is 3. The molecule has 3 nitrogen and oxygen atoms in total. The Bertz CT molecular complexity index is 371. The number of nitrogens with one attached hydrogen (secondary N) is 1. The van der Waals surface area contributed by atoms with Crippen LogP contribution in [-0.2, 0) is 0 Å². The molecule has 0 saturated carbocycles. The highest BCUT2D eigenvalue weighted by atomic mass is 79.9. The van der Waals surface area contributed by atoms with Crippen LogP contribution in [0.4, 0.5) is 0 Å². The van der Waals surface area contributed by atoms with E-state index in [1.54, 1.807) is 12.1 Å². The van der Waals surface area contributed by atoms with Gasteiger partial charge in [0, 0.05) is 15.7 Å². The van der Waals surface area contributed by atoms with E-state index in [0.29, 0.717) is 5.56 Å². The summed E-state index contributed by atoms with van der Waals surface area (Å²) in [6, 6.07) is 7.14. The summed E-state index contributed by atoms with van der Waals surface area (Å²) in [7, 11) is 0. The van der Waals surface area contributed by atoms with Crippen molar-refractivity contribution >= 4 is 27.5 Å². The molecule has 0 atom stereocenters. The summed E-state index contributed by atoms with van der Waals surface area (Å²) in [4.78, 5) is 11.5. The molecule has 0 aliphatic heterocycles. The third-order valence-electron chi connectivity index (χ3n) is 1.97. The fourth-order valence-corrected chi connectivity index (χ4v) is 1.16. The lowest BCUT2D eigenvalue weighted by molar-refractivity contribution is 0.0954. The number of hydrogen-bond donors (Lipinski definition) is 1. The predicted molar refractivity (Wildman–Crippen MR) is 65.0 cm³/mol. The van der Waals surface area contributed by atoms with E-state index in [-0.39, 0.29) is 5.91 Å². The van der Waals surface area contributed by atoms with Gasteiger partial charge >= 0.3 is 0 Å². The summed E-state index contributed by atoms with van der Waals surface area (Å²) in [5, 5.41) is 3.95. The quantitative estimate of drug-likeness (QED) is 0.665. The first kappa shape index (κ1) is 11.9. The summed E-state index contributed by atoms with van der Waals surface area (Å²) in [6.07, 6.45) is 0.834. The van der Waals surface area contributed by atoms with Gasteiger partial charge in [0.15, 0.2) is 0 Å². The molecule has 1 rings (SSSR count). The van der Waals surface area contributed by atoms with E-state index in [1.165, 1.54) is 0 Å². The van der Waals surface area contributed by atoms with Gasteiger partial charge < -0.3 is 0 Å². The minimum absolute atomic E-state index is 0.185. The first-order chi connectivity index (χ1) is 7.13. The maximum Gasteiger partial charge on any atom is 0.271 e. The van der Waals surface area contributed by atoms with Gasteiger partial charge in [-0.2, -0.15) is 5.10 Å². The third kappa shape index (κ3) is 3.83. The molecule has 0 unspecified atom stereocenters. The van der Waals surface area contributed by atoms with E-state index < -0.39 is 0 Å². The molecule has 80 valence electrons. The number of nitrogens with zero attached hydrogens (tertiary/aromatic N) is 1. The van der Waals surface area contributed by atoms with Gasteiger partial charge in [-0.25, -0.2) is 5.43 Å². The molecule has 0 bridgehead atoms.